The van der Waals surface area contributed by atoms with Crippen LogP contribution in [-0.2, 0) is 11.0 Å². The molecule has 3 N–H and O–H groups in total. The van der Waals surface area contributed by atoms with E-state index in [0.717, 1.165) is 0 Å². The number of carboxylic acids is 1. The van der Waals surface area contributed by atoms with Gasteiger partial charge in [0.15, 0.2) is 0 Å². The van der Waals surface area contributed by atoms with Crippen molar-refractivity contribution >= 4 is 17.6 Å². The third-order valence-corrected chi connectivity index (χ3v) is 2.45. The largest absolute Gasteiger partial charge is 0.481 e. The predicted molar refractivity (Wildman–Crippen MR) is 55.6 cm³/mol. The number of carboxylic acid groups (broad SMARTS) is 1. The average molecular weight is 286 g/mol. The summed E-state index contributed by atoms with van der Waals surface area (Å²) in [4.78, 5) is 10.4. The van der Waals surface area contributed by atoms with Gasteiger partial charge in [-0.15, -0.1) is 0 Å². The Morgan fingerprint density at radius 1 is 1.44 bits per heavy atom. The molecule has 0 aromatic heterocycles. The third-order valence-electron chi connectivity index (χ3n) is 2.18. The molecule has 3 nitrogen and oxygen atoms in total. The molecule has 1 aromatic carbocycles. The normalized spacial score (nSPS) is 13.4. The van der Waals surface area contributed by atoms with Crippen LogP contribution in [0.3, 0.4) is 0 Å². The van der Waals surface area contributed by atoms with Gasteiger partial charge in [-0.1, -0.05) is 11.6 Å². The van der Waals surface area contributed by atoms with Gasteiger partial charge < -0.3 is 10.8 Å². The number of hydrogen-bond acceptors (Lipinski definition) is 2. The monoisotopic (exact) mass is 285 g/mol. The Balaban J connectivity index is 3.26. The van der Waals surface area contributed by atoms with Gasteiger partial charge in [-0.25, -0.2) is 4.39 Å². The van der Waals surface area contributed by atoms with Gasteiger partial charge in [0.05, 0.1) is 17.0 Å². The highest BCUT2D eigenvalue weighted by Gasteiger charge is 2.33. The van der Waals surface area contributed by atoms with Crippen molar-refractivity contribution < 1.29 is 27.5 Å². The molecule has 0 saturated heterocycles. The highest BCUT2D eigenvalue weighted by Crippen LogP contribution is 2.35. The first kappa shape index (κ1) is 14.7. The molecule has 18 heavy (non-hydrogen) atoms. The lowest BCUT2D eigenvalue weighted by Crippen LogP contribution is -2.18. The maximum atomic E-state index is 13.5. The van der Waals surface area contributed by atoms with Crippen LogP contribution in [-0.4, -0.2) is 11.1 Å². The number of halogens is 5. The van der Waals surface area contributed by atoms with Gasteiger partial charge in [-0.2, -0.15) is 13.2 Å². The van der Waals surface area contributed by atoms with Crippen LogP contribution in [0.15, 0.2) is 12.1 Å². The van der Waals surface area contributed by atoms with Crippen LogP contribution in [0.25, 0.3) is 0 Å². The minimum absolute atomic E-state index is 0.424. The first-order valence-electron chi connectivity index (χ1n) is 4.66. The van der Waals surface area contributed by atoms with E-state index in [1.165, 1.54) is 0 Å². The zero-order valence-electron chi connectivity index (χ0n) is 8.76. The molecule has 0 saturated carbocycles. The Morgan fingerprint density at radius 3 is 2.44 bits per heavy atom. The molecule has 1 aromatic rings. The third kappa shape index (κ3) is 3.33. The number of nitrogens with two attached hydrogens (primary N) is 1. The van der Waals surface area contributed by atoms with Crippen LogP contribution in [0.5, 0.6) is 0 Å². The van der Waals surface area contributed by atoms with Crippen molar-refractivity contribution in [3.63, 3.8) is 0 Å². The molecule has 1 atom stereocenters. The number of benzene rings is 1. The van der Waals surface area contributed by atoms with Crippen molar-refractivity contribution in [2.45, 2.75) is 18.6 Å². The molecule has 100 valence electrons. The predicted octanol–water partition coefficient (Wildman–Crippen LogP) is 2.97. The Morgan fingerprint density at radius 2 is 2.00 bits per heavy atom. The highest BCUT2D eigenvalue weighted by atomic mass is 35.5. The summed E-state index contributed by atoms with van der Waals surface area (Å²) in [6, 6.07) is -0.509. The van der Waals surface area contributed by atoms with E-state index in [1.807, 2.05) is 0 Å². The van der Waals surface area contributed by atoms with Crippen LogP contribution < -0.4 is 5.73 Å². The van der Waals surface area contributed by atoms with Gasteiger partial charge >= 0.3 is 12.1 Å². The van der Waals surface area contributed by atoms with Crippen LogP contribution in [0.1, 0.15) is 23.6 Å². The standard InChI is InChI=1S/C10H8ClF4NO2/c11-6-2-4(10(13,14)15)1-5(9(6)12)7(16)3-8(17)18/h1-2,7H,3,16H2,(H,17,18). The summed E-state index contributed by atoms with van der Waals surface area (Å²) in [6.07, 6.45) is -5.41. The summed E-state index contributed by atoms with van der Waals surface area (Å²) in [5.74, 6) is -2.49. The Kier molecular flexibility index (Phi) is 4.18. The van der Waals surface area contributed by atoms with E-state index in [9.17, 15) is 22.4 Å². The van der Waals surface area contributed by atoms with Crippen LogP contribution >= 0.6 is 11.6 Å². The van der Waals surface area contributed by atoms with Gasteiger partial charge in [0, 0.05) is 11.6 Å². The van der Waals surface area contributed by atoms with Crippen LogP contribution in [0.4, 0.5) is 17.6 Å². The van der Waals surface area contributed by atoms with E-state index in [2.05, 4.69) is 0 Å². The maximum Gasteiger partial charge on any atom is 0.416 e. The number of hydrogen-bond donors (Lipinski definition) is 2. The SMILES string of the molecule is NC(CC(=O)O)c1cc(C(F)(F)F)cc(Cl)c1F. The fourth-order valence-corrected chi connectivity index (χ4v) is 1.57. The van der Waals surface area contributed by atoms with E-state index >= 15 is 0 Å². The fraction of sp³-hybridized carbons (Fsp3) is 0.300. The van der Waals surface area contributed by atoms with Crippen molar-refractivity contribution in [2.24, 2.45) is 5.73 Å². The first-order valence-corrected chi connectivity index (χ1v) is 5.04. The molecule has 0 bridgehead atoms. The molecular formula is C10H8ClF4NO2. The molecule has 1 unspecified atom stereocenters. The summed E-state index contributed by atoms with van der Waals surface area (Å²) in [5.41, 5.74) is 3.58. The fourth-order valence-electron chi connectivity index (χ4n) is 1.34. The van der Waals surface area contributed by atoms with Crippen molar-refractivity contribution in [3.8, 4) is 0 Å². The summed E-state index contributed by atoms with van der Waals surface area (Å²) in [7, 11) is 0. The minimum atomic E-state index is -4.71. The summed E-state index contributed by atoms with van der Waals surface area (Å²) < 4.78 is 50.9. The number of rotatable bonds is 3. The molecule has 8 heteroatoms. The van der Waals surface area contributed by atoms with Crippen molar-refractivity contribution in [3.05, 3.63) is 34.1 Å². The number of alkyl halides is 3. The van der Waals surface area contributed by atoms with Crippen LogP contribution in [0, 0.1) is 5.82 Å². The lowest BCUT2D eigenvalue weighted by molar-refractivity contribution is -0.138. The van der Waals surface area contributed by atoms with Crippen molar-refractivity contribution in [1.82, 2.24) is 0 Å². The molecule has 0 fully saturated rings. The molecular weight excluding hydrogens is 278 g/mol. The van der Waals surface area contributed by atoms with E-state index in [-0.39, 0.29) is 0 Å². The second-order valence-electron chi connectivity index (χ2n) is 3.56. The highest BCUT2D eigenvalue weighted by molar-refractivity contribution is 6.30. The summed E-state index contributed by atoms with van der Waals surface area (Å²) in [5, 5.41) is 7.73. The van der Waals surface area contributed by atoms with E-state index < -0.39 is 46.6 Å². The van der Waals surface area contributed by atoms with Crippen molar-refractivity contribution in [2.75, 3.05) is 0 Å². The zero-order valence-corrected chi connectivity index (χ0v) is 9.52. The lowest BCUT2D eigenvalue weighted by Gasteiger charge is -2.15. The van der Waals surface area contributed by atoms with Gasteiger partial charge in [0.2, 0.25) is 0 Å². The quantitative estimate of drug-likeness (QED) is 0.839. The smallest absolute Gasteiger partial charge is 0.416 e. The van der Waals surface area contributed by atoms with Gasteiger partial charge in [-0.05, 0) is 12.1 Å². The molecule has 0 aliphatic heterocycles. The Hall–Kier alpha value is -1.34. The minimum Gasteiger partial charge on any atom is -0.481 e. The molecule has 0 heterocycles. The molecule has 0 aliphatic carbocycles. The van der Waals surface area contributed by atoms with Crippen molar-refractivity contribution in [1.29, 1.82) is 0 Å². The topological polar surface area (TPSA) is 63.3 Å². The molecule has 0 amide bonds. The summed E-state index contributed by atoms with van der Waals surface area (Å²) in [6.45, 7) is 0. The molecule has 0 spiro atoms. The number of aliphatic carboxylic acids is 1. The van der Waals surface area contributed by atoms with Crippen LogP contribution in [0.2, 0.25) is 5.02 Å². The van der Waals surface area contributed by atoms with E-state index in [1.54, 1.807) is 0 Å². The van der Waals surface area contributed by atoms with Gasteiger partial charge in [-0.3, -0.25) is 4.79 Å². The second-order valence-corrected chi connectivity index (χ2v) is 3.97. The summed E-state index contributed by atoms with van der Waals surface area (Å²) >= 11 is 5.33. The van der Waals surface area contributed by atoms with E-state index in [0.29, 0.717) is 12.1 Å². The zero-order chi connectivity index (χ0) is 14.1. The lowest BCUT2D eigenvalue weighted by atomic mass is 10.0. The van der Waals surface area contributed by atoms with Gasteiger partial charge in [0.1, 0.15) is 5.82 Å². The first-order chi connectivity index (χ1) is 8.12. The van der Waals surface area contributed by atoms with Gasteiger partial charge in [0.25, 0.3) is 0 Å². The Bertz CT molecular complexity index is 476. The number of carbonyl (C=O) groups is 1. The average Bonchev–Trinajstić information content (AvgIpc) is 2.18. The second kappa shape index (κ2) is 5.11. The Labute approximate surface area is 104 Å². The maximum absolute atomic E-state index is 13.5. The molecule has 0 radical (unpaired) electrons. The molecule has 0 aliphatic rings. The van der Waals surface area contributed by atoms with E-state index in [4.69, 9.17) is 22.4 Å². The molecule has 1 rings (SSSR count).